The summed E-state index contributed by atoms with van der Waals surface area (Å²) in [5.74, 6) is -1.65. The molecule has 1 unspecified atom stereocenters. The molecule has 5 heteroatoms. The Bertz CT molecular complexity index is 527. The van der Waals surface area contributed by atoms with Gasteiger partial charge in [0.2, 0.25) is 0 Å². The molecule has 0 fully saturated rings. The summed E-state index contributed by atoms with van der Waals surface area (Å²) in [5, 5.41) is 3.82. The molecule has 1 nitrogen and oxygen atoms in total. The van der Waals surface area contributed by atoms with Crippen LogP contribution in [0.4, 0.5) is 8.78 Å². The summed E-state index contributed by atoms with van der Waals surface area (Å²) >= 11 is 4.89. The second-order valence-electron chi connectivity index (χ2n) is 3.70. The van der Waals surface area contributed by atoms with Gasteiger partial charge >= 0.3 is 0 Å². The molecule has 1 aromatic heterocycles. The Morgan fingerprint density at radius 1 is 1.29 bits per heavy atom. The van der Waals surface area contributed by atoms with E-state index < -0.39 is 11.6 Å². The fraction of sp³-hybridized carbons (Fsp3) is 0.167. The summed E-state index contributed by atoms with van der Waals surface area (Å²) in [5.41, 5.74) is 7.20. The second kappa shape index (κ2) is 5.25. The summed E-state index contributed by atoms with van der Waals surface area (Å²) in [4.78, 5) is 0. The standard InChI is InChI=1S/C12H10BrF2NS/c13-9-6-17-5-8(9)11(16)4-7-2-1-3-10(14)12(7)15/h1-3,5-6,11H,4,16H2. The Morgan fingerprint density at radius 3 is 2.71 bits per heavy atom. The van der Waals surface area contributed by atoms with Crippen molar-refractivity contribution in [3.8, 4) is 0 Å². The van der Waals surface area contributed by atoms with Crippen LogP contribution in [0.3, 0.4) is 0 Å². The first-order valence-corrected chi connectivity index (χ1v) is 6.73. The normalized spacial score (nSPS) is 12.7. The number of rotatable bonds is 3. The van der Waals surface area contributed by atoms with Crippen LogP contribution in [0.5, 0.6) is 0 Å². The fourth-order valence-corrected chi connectivity index (χ4v) is 3.26. The SMILES string of the molecule is NC(Cc1cccc(F)c1F)c1cscc1Br. The van der Waals surface area contributed by atoms with Gasteiger partial charge in [-0.25, -0.2) is 8.78 Å². The lowest BCUT2D eigenvalue weighted by Gasteiger charge is -2.12. The average molecular weight is 318 g/mol. The number of benzene rings is 1. The zero-order valence-electron chi connectivity index (χ0n) is 8.79. The molecule has 0 aliphatic heterocycles. The molecule has 0 aliphatic carbocycles. The smallest absolute Gasteiger partial charge is 0.162 e. The van der Waals surface area contributed by atoms with Crippen molar-refractivity contribution in [2.45, 2.75) is 12.5 Å². The highest BCUT2D eigenvalue weighted by atomic mass is 79.9. The van der Waals surface area contributed by atoms with Crippen molar-refractivity contribution < 1.29 is 8.78 Å². The predicted molar refractivity (Wildman–Crippen MR) is 69.0 cm³/mol. The van der Waals surface area contributed by atoms with Gasteiger partial charge in [0.15, 0.2) is 11.6 Å². The van der Waals surface area contributed by atoms with E-state index in [1.165, 1.54) is 17.4 Å². The molecule has 1 heterocycles. The number of hydrogen-bond acceptors (Lipinski definition) is 2. The van der Waals surface area contributed by atoms with Crippen molar-refractivity contribution >= 4 is 27.3 Å². The van der Waals surface area contributed by atoms with Crippen LogP contribution >= 0.6 is 27.3 Å². The highest BCUT2D eigenvalue weighted by Gasteiger charge is 2.15. The molecule has 0 saturated carbocycles. The van der Waals surface area contributed by atoms with Gasteiger partial charge in [0.25, 0.3) is 0 Å². The van der Waals surface area contributed by atoms with Crippen molar-refractivity contribution in [3.05, 3.63) is 56.2 Å². The van der Waals surface area contributed by atoms with Gasteiger partial charge in [0.05, 0.1) is 0 Å². The first-order valence-electron chi connectivity index (χ1n) is 4.99. The van der Waals surface area contributed by atoms with Gasteiger partial charge in [-0.05, 0) is 44.9 Å². The van der Waals surface area contributed by atoms with E-state index >= 15 is 0 Å². The van der Waals surface area contributed by atoms with Crippen molar-refractivity contribution in [3.63, 3.8) is 0 Å². The maximum Gasteiger partial charge on any atom is 0.162 e. The molecule has 1 aromatic carbocycles. The van der Waals surface area contributed by atoms with Crippen LogP contribution in [-0.4, -0.2) is 0 Å². The van der Waals surface area contributed by atoms with Gasteiger partial charge in [-0.15, -0.1) is 0 Å². The highest BCUT2D eigenvalue weighted by Crippen LogP contribution is 2.28. The molecule has 90 valence electrons. The van der Waals surface area contributed by atoms with E-state index in [2.05, 4.69) is 15.9 Å². The van der Waals surface area contributed by atoms with Crippen LogP contribution in [0.25, 0.3) is 0 Å². The maximum absolute atomic E-state index is 13.5. The van der Waals surface area contributed by atoms with Gasteiger partial charge < -0.3 is 5.73 Å². The summed E-state index contributed by atoms with van der Waals surface area (Å²) in [6, 6.07) is 3.80. The zero-order valence-corrected chi connectivity index (χ0v) is 11.2. The van der Waals surface area contributed by atoms with Crippen LogP contribution in [0.1, 0.15) is 17.2 Å². The van der Waals surface area contributed by atoms with E-state index in [0.717, 1.165) is 16.1 Å². The lowest BCUT2D eigenvalue weighted by molar-refractivity contribution is 0.494. The lowest BCUT2D eigenvalue weighted by atomic mass is 10.0. The number of nitrogens with two attached hydrogens (primary N) is 1. The zero-order chi connectivity index (χ0) is 12.4. The predicted octanol–water partition coefficient (Wildman–Crippen LogP) is 4.03. The van der Waals surface area contributed by atoms with Crippen LogP contribution in [0.2, 0.25) is 0 Å². The van der Waals surface area contributed by atoms with Gasteiger partial charge in [0.1, 0.15) is 0 Å². The first kappa shape index (κ1) is 12.7. The summed E-state index contributed by atoms with van der Waals surface area (Å²) < 4.78 is 27.4. The summed E-state index contributed by atoms with van der Waals surface area (Å²) in [7, 11) is 0. The highest BCUT2D eigenvalue weighted by molar-refractivity contribution is 9.10. The van der Waals surface area contributed by atoms with E-state index in [0.29, 0.717) is 5.56 Å². The van der Waals surface area contributed by atoms with Crippen LogP contribution in [-0.2, 0) is 6.42 Å². The molecule has 17 heavy (non-hydrogen) atoms. The molecule has 0 aliphatic rings. The van der Waals surface area contributed by atoms with Crippen molar-refractivity contribution in [2.24, 2.45) is 5.73 Å². The number of thiophene rings is 1. The van der Waals surface area contributed by atoms with Crippen LogP contribution < -0.4 is 5.73 Å². The topological polar surface area (TPSA) is 26.0 Å². The minimum atomic E-state index is -0.834. The van der Waals surface area contributed by atoms with E-state index in [1.54, 1.807) is 6.07 Å². The molecular weight excluding hydrogens is 308 g/mol. The van der Waals surface area contributed by atoms with Gasteiger partial charge in [-0.1, -0.05) is 12.1 Å². The van der Waals surface area contributed by atoms with Crippen LogP contribution in [0.15, 0.2) is 33.4 Å². The molecule has 0 amide bonds. The Hall–Kier alpha value is -0.780. The summed E-state index contributed by atoms with van der Waals surface area (Å²) in [6.07, 6.45) is 0.277. The average Bonchev–Trinajstić information content (AvgIpc) is 2.71. The third kappa shape index (κ3) is 2.73. The first-order chi connectivity index (χ1) is 8.09. The van der Waals surface area contributed by atoms with Gasteiger partial charge in [-0.2, -0.15) is 11.3 Å². The molecule has 2 N–H and O–H groups in total. The van der Waals surface area contributed by atoms with E-state index in [9.17, 15) is 8.78 Å². The largest absolute Gasteiger partial charge is 0.324 e. The molecule has 2 aromatic rings. The number of hydrogen-bond donors (Lipinski definition) is 1. The molecule has 0 bridgehead atoms. The third-order valence-corrected chi connectivity index (χ3v) is 4.26. The van der Waals surface area contributed by atoms with Crippen molar-refractivity contribution in [2.75, 3.05) is 0 Å². The van der Waals surface area contributed by atoms with E-state index in [4.69, 9.17) is 5.73 Å². The fourth-order valence-electron chi connectivity index (χ4n) is 1.61. The Labute approximate surface area is 110 Å². The monoisotopic (exact) mass is 317 g/mol. The van der Waals surface area contributed by atoms with Crippen molar-refractivity contribution in [1.29, 1.82) is 0 Å². The Balaban J connectivity index is 2.22. The maximum atomic E-state index is 13.5. The van der Waals surface area contributed by atoms with Gasteiger partial charge in [0, 0.05) is 15.9 Å². The molecule has 0 radical (unpaired) electrons. The molecular formula is C12H10BrF2NS. The molecule has 2 rings (SSSR count). The third-order valence-electron chi connectivity index (χ3n) is 2.51. The Kier molecular flexibility index (Phi) is 3.91. The lowest BCUT2D eigenvalue weighted by Crippen LogP contribution is -2.14. The molecule has 0 spiro atoms. The molecule has 1 atom stereocenters. The van der Waals surface area contributed by atoms with Crippen LogP contribution in [0, 0.1) is 11.6 Å². The Morgan fingerprint density at radius 2 is 2.06 bits per heavy atom. The molecule has 0 saturated heterocycles. The minimum Gasteiger partial charge on any atom is -0.324 e. The van der Waals surface area contributed by atoms with E-state index in [1.807, 2.05) is 10.8 Å². The summed E-state index contributed by atoms with van der Waals surface area (Å²) in [6.45, 7) is 0. The number of halogens is 3. The second-order valence-corrected chi connectivity index (χ2v) is 5.30. The van der Waals surface area contributed by atoms with Crippen molar-refractivity contribution in [1.82, 2.24) is 0 Å². The minimum absolute atomic E-state index is 0.277. The quantitative estimate of drug-likeness (QED) is 0.908. The van der Waals surface area contributed by atoms with E-state index in [-0.39, 0.29) is 12.5 Å². The van der Waals surface area contributed by atoms with Gasteiger partial charge in [-0.3, -0.25) is 0 Å².